The highest BCUT2D eigenvalue weighted by Gasteiger charge is 2.14. The first-order valence-corrected chi connectivity index (χ1v) is 10.00. The van der Waals surface area contributed by atoms with Gasteiger partial charge in [-0.3, -0.25) is 4.79 Å². The van der Waals surface area contributed by atoms with Crippen molar-refractivity contribution in [1.82, 2.24) is 5.43 Å². The Bertz CT molecular complexity index is 1080. The van der Waals surface area contributed by atoms with Crippen molar-refractivity contribution in [1.29, 1.82) is 0 Å². The van der Waals surface area contributed by atoms with E-state index < -0.39 is 18.0 Å². The number of hydrogen-bond acceptors (Lipinski definition) is 5. The fraction of sp³-hybridized carbons (Fsp3) is 0.0870. The van der Waals surface area contributed by atoms with Crippen molar-refractivity contribution < 1.29 is 19.1 Å². The number of hydrazone groups is 1. The third-order valence-electron chi connectivity index (χ3n) is 4.07. The lowest BCUT2D eigenvalue weighted by Crippen LogP contribution is -2.33. The Labute approximate surface area is 189 Å². The third kappa shape index (κ3) is 6.57. The summed E-state index contributed by atoms with van der Waals surface area (Å²) in [6, 6.07) is 20.0. The van der Waals surface area contributed by atoms with E-state index in [1.807, 2.05) is 0 Å². The van der Waals surface area contributed by atoms with E-state index in [1.54, 1.807) is 79.7 Å². The molecule has 1 atom stereocenters. The smallest absolute Gasteiger partial charge is 0.345 e. The molecule has 0 radical (unpaired) electrons. The molecule has 0 aliphatic heterocycles. The van der Waals surface area contributed by atoms with E-state index in [9.17, 15) is 9.59 Å². The molecule has 1 N–H and O–H groups in total. The summed E-state index contributed by atoms with van der Waals surface area (Å²) in [5.74, 6) is -0.0699. The van der Waals surface area contributed by atoms with Crippen LogP contribution in [0, 0.1) is 0 Å². The Kier molecular flexibility index (Phi) is 7.65. The summed E-state index contributed by atoms with van der Waals surface area (Å²) in [5.41, 5.74) is 3.40. The quantitative estimate of drug-likeness (QED) is 0.231. The average Bonchev–Trinajstić information content (AvgIpc) is 2.76. The number of nitrogens with one attached hydrogen (secondary N) is 1. The summed E-state index contributed by atoms with van der Waals surface area (Å²) in [5, 5.41) is 4.82. The average molecular weight is 457 g/mol. The first-order chi connectivity index (χ1) is 14.9. The molecule has 0 aromatic heterocycles. The molecule has 6 nitrogen and oxygen atoms in total. The Hall–Kier alpha value is -3.35. The molecule has 0 bridgehead atoms. The Morgan fingerprint density at radius 2 is 1.58 bits per heavy atom. The van der Waals surface area contributed by atoms with Gasteiger partial charge in [0.1, 0.15) is 11.5 Å². The van der Waals surface area contributed by atoms with Crippen LogP contribution in [0.3, 0.4) is 0 Å². The molecule has 158 valence electrons. The number of halogens is 2. The molecule has 0 heterocycles. The first kappa shape index (κ1) is 22.3. The van der Waals surface area contributed by atoms with Crippen molar-refractivity contribution in [3.63, 3.8) is 0 Å². The van der Waals surface area contributed by atoms with E-state index >= 15 is 0 Å². The van der Waals surface area contributed by atoms with Crippen molar-refractivity contribution in [3.8, 4) is 11.5 Å². The van der Waals surface area contributed by atoms with Crippen LogP contribution >= 0.6 is 23.2 Å². The van der Waals surface area contributed by atoms with Gasteiger partial charge in [0, 0.05) is 5.02 Å². The van der Waals surface area contributed by atoms with Crippen LogP contribution in [-0.2, 0) is 4.79 Å². The van der Waals surface area contributed by atoms with E-state index in [2.05, 4.69) is 10.5 Å². The molecule has 0 spiro atoms. The number of rotatable bonds is 7. The van der Waals surface area contributed by atoms with E-state index in [1.165, 1.54) is 6.21 Å². The summed E-state index contributed by atoms with van der Waals surface area (Å²) in [6.45, 7) is 1.61. The molecular weight excluding hydrogens is 439 g/mol. The number of hydrogen-bond donors (Lipinski definition) is 1. The van der Waals surface area contributed by atoms with Crippen molar-refractivity contribution in [2.75, 3.05) is 0 Å². The van der Waals surface area contributed by atoms with Gasteiger partial charge in [0.05, 0.1) is 16.8 Å². The van der Waals surface area contributed by atoms with Crippen molar-refractivity contribution in [2.45, 2.75) is 13.0 Å². The standard InChI is InChI=1S/C23H18Cl2N2O4/c1-15(30-18-12-8-17(24)9-13-18)22(28)27-26-14-16-6-10-19(11-7-16)31-23(29)20-4-2-3-5-21(20)25/h2-15H,1H3,(H,27,28)/b26-14-/t15-/m0/s1. The number of ether oxygens (including phenoxy) is 2. The highest BCUT2D eigenvalue weighted by molar-refractivity contribution is 6.33. The van der Waals surface area contributed by atoms with Gasteiger partial charge in [-0.25, -0.2) is 10.2 Å². The summed E-state index contributed by atoms with van der Waals surface area (Å²) < 4.78 is 10.8. The van der Waals surface area contributed by atoms with Gasteiger partial charge in [0.15, 0.2) is 6.10 Å². The fourth-order valence-electron chi connectivity index (χ4n) is 2.44. The van der Waals surface area contributed by atoms with Gasteiger partial charge in [-0.15, -0.1) is 0 Å². The summed E-state index contributed by atoms with van der Waals surface area (Å²) in [6.07, 6.45) is 0.719. The van der Waals surface area contributed by atoms with Crippen LogP contribution < -0.4 is 14.9 Å². The number of benzene rings is 3. The normalized spacial score (nSPS) is 11.7. The second-order valence-electron chi connectivity index (χ2n) is 6.39. The Balaban J connectivity index is 1.51. The highest BCUT2D eigenvalue weighted by Crippen LogP contribution is 2.19. The van der Waals surface area contributed by atoms with E-state index in [0.717, 1.165) is 0 Å². The molecule has 0 saturated heterocycles. The first-order valence-electron chi connectivity index (χ1n) is 9.24. The van der Waals surface area contributed by atoms with Crippen molar-refractivity contribution >= 4 is 41.3 Å². The molecule has 0 saturated carbocycles. The maximum Gasteiger partial charge on any atom is 0.345 e. The lowest BCUT2D eigenvalue weighted by molar-refractivity contribution is -0.127. The number of carbonyl (C=O) groups excluding carboxylic acids is 2. The van der Waals surface area contributed by atoms with Gasteiger partial charge in [-0.05, 0) is 73.2 Å². The Morgan fingerprint density at radius 1 is 0.935 bits per heavy atom. The summed E-state index contributed by atoms with van der Waals surface area (Å²) >= 11 is 11.8. The molecule has 31 heavy (non-hydrogen) atoms. The number of amides is 1. The van der Waals surface area contributed by atoms with E-state index in [0.29, 0.717) is 27.1 Å². The molecule has 1 amide bonds. The van der Waals surface area contributed by atoms with Gasteiger partial charge in [-0.1, -0.05) is 35.3 Å². The van der Waals surface area contributed by atoms with Gasteiger partial charge in [-0.2, -0.15) is 5.10 Å². The number of esters is 1. The highest BCUT2D eigenvalue weighted by atomic mass is 35.5. The predicted molar refractivity (Wildman–Crippen MR) is 120 cm³/mol. The molecule has 3 aromatic carbocycles. The molecule has 0 fully saturated rings. The van der Waals surface area contributed by atoms with Gasteiger partial charge in [0.25, 0.3) is 5.91 Å². The lowest BCUT2D eigenvalue weighted by atomic mass is 10.2. The third-order valence-corrected chi connectivity index (χ3v) is 4.65. The van der Waals surface area contributed by atoms with Gasteiger partial charge in [0.2, 0.25) is 0 Å². The van der Waals surface area contributed by atoms with Crippen LogP contribution in [0.2, 0.25) is 10.0 Å². The zero-order valence-electron chi connectivity index (χ0n) is 16.4. The Morgan fingerprint density at radius 3 is 2.26 bits per heavy atom. The molecule has 0 aliphatic rings. The van der Waals surface area contributed by atoms with Gasteiger partial charge >= 0.3 is 5.97 Å². The second-order valence-corrected chi connectivity index (χ2v) is 7.23. The lowest BCUT2D eigenvalue weighted by Gasteiger charge is -2.12. The topological polar surface area (TPSA) is 77.0 Å². The minimum Gasteiger partial charge on any atom is -0.481 e. The van der Waals surface area contributed by atoms with Crippen LogP contribution in [0.4, 0.5) is 0 Å². The number of nitrogens with zero attached hydrogens (tertiary/aromatic N) is 1. The van der Waals surface area contributed by atoms with Crippen LogP contribution in [0.1, 0.15) is 22.8 Å². The molecular formula is C23H18Cl2N2O4. The SMILES string of the molecule is C[C@H](Oc1ccc(Cl)cc1)C(=O)N/N=C\c1ccc(OC(=O)c2ccccc2Cl)cc1. The molecule has 0 unspecified atom stereocenters. The summed E-state index contributed by atoms with van der Waals surface area (Å²) in [7, 11) is 0. The molecule has 0 aliphatic carbocycles. The van der Waals surface area contributed by atoms with E-state index in [-0.39, 0.29) is 5.56 Å². The maximum atomic E-state index is 12.2. The fourth-order valence-corrected chi connectivity index (χ4v) is 2.78. The number of carbonyl (C=O) groups is 2. The minimum atomic E-state index is -0.745. The van der Waals surface area contributed by atoms with Crippen LogP contribution in [0.15, 0.2) is 77.9 Å². The minimum absolute atomic E-state index is 0.285. The van der Waals surface area contributed by atoms with Crippen LogP contribution in [-0.4, -0.2) is 24.2 Å². The van der Waals surface area contributed by atoms with Crippen LogP contribution in [0.25, 0.3) is 0 Å². The van der Waals surface area contributed by atoms with Gasteiger partial charge < -0.3 is 9.47 Å². The largest absolute Gasteiger partial charge is 0.481 e. The monoisotopic (exact) mass is 456 g/mol. The molecule has 3 aromatic rings. The second kappa shape index (κ2) is 10.6. The van der Waals surface area contributed by atoms with Crippen LogP contribution in [0.5, 0.6) is 11.5 Å². The zero-order valence-corrected chi connectivity index (χ0v) is 17.9. The summed E-state index contributed by atoms with van der Waals surface area (Å²) in [4.78, 5) is 24.3. The maximum absolute atomic E-state index is 12.2. The van der Waals surface area contributed by atoms with Crippen molar-refractivity contribution in [2.24, 2.45) is 5.10 Å². The van der Waals surface area contributed by atoms with Crippen molar-refractivity contribution in [3.05, 3.63) is 94.0 Å². The predicted octanol–water partition coefficient (Wildman–Crippen LogP) is 5.13. The molecule has 3 rings (SSSR count). The van der Waals surface area contributed by atoms with E-state index in [4.69, 9.17) is 32.7 Å². The molecule has 8 heteroatoms. The zero-order chi connectivity index (χ0) is 22.2.